The molecule has 0 heterocycles. The highest BCUT2D eigenvalue weighted by molar-refractivity contribution is 5.97. The highest BCUT2D eigenvalue weighted by atomic mass is 19.1. The molecule has 0 bridgehead atoms. The van der Waals surface area contributed by atoms with Crippen LogP contribution < -0.4 is 10.6 Å². The largest absolute Gasteiger partial charge is 0.324 e. The van der Waals surface area contributed by atoms with Crippen molar-refractivity contribution in [1.29, 1.82) is 0 Å². The maximum atomic E-state index is 13.2. The number of benzene rings is 3. The molecule has 6 heteroatoms. The number of para-hydroxylation sites is 1. The molecular weight excluding hydrogens is 393 g/mol. The van der Waals surface area contributed by atoms with Gasteiger partial charge in [0.1, 0.15) is 11.9 Å². The number of nitrogens with zero attached hydrogens (tertiary/aromatic N) is 1. The number of carbonyl (C=O) groups excluding carboxylic acids is 2. The monoisotopic (exact) mass is 419 g/mol. The molecule has 2 amide bonds. The number of aryl methyl sites for hydroxylation is 2. The van der Waals surface area contributed by atoms with Gasteiger partial charge in [0.2, 0.25) is 11.8 Å². The number of halogens is 1. The molecule has 5 nitrogen and oxygen atoms in total. The summed E-state index contributed by atoms with van der Waals surface area (Å²) < 4.78 is 13.2. The van der Waals surface area contributed by atoms with Crippen LogP contribution in [-0.4, -0.2) is 30.3 Å². The van der Waals surface area contributed by atoms with Gasteiger partial charge in [-0.1, -0.05) is 48.5 Å². The third-order valence-electron chi connectivity index (χ3n) is 5.05. The predicted octanol–water partition coefficient (Wildman–Crippen LogP) is 4.69. The Labute approximate surface area is 181 Å². The molecule has 31 heavy (non-hydrogen) atoms. The van der Waals surface area contributed by atoms with Crippen LogP contribution in [-0.2, 0) is 9.59 Å². The Hall–Kier alpha value is -3.51. The van der Waals surface area contributed by atoms with Crippen molar-refractivity contribution in [2.45, 2.75) is 19.9 Å². The molecule has 3 aromatic rings. The third-order valence-corrected chi connectivity index (χ3v) is 5.05. The molecule has 160 valence electrons. The van der Waals surface area contributed by atoms with Crippen molar-refractivity contribution in [3.05, 3.63) is 95.3 Å². The fraction of sp³-hybridized carbons (Fsp3) is 0.200. The summed E-state index contributed by atoms with van der Waals surface area (Å²) in [5.41, 5.74) is 3.98. The Morgan fingerprint density at radius 2 is 1.48 bits per heavy atom. The van der Waals surface area contributed by atoms with Crippen LogP contribution in [0.4, 0.5) is 15.8 Å². The highest BCUT2D eigenvalue weighted by Gasteiger charge is 2.27. The van der Waals surface area contributed by atoms with Crippen molar-refractivity contribution in [2.24, 2.45) is 0 Å². The van der Waals surface area contributed by atoms with Gasteiger partial charge in [-0.2, -0.15) is 0 Å². The van der Waals surface area contributed by atoms with E-state index in [9.17, 15) is 14.0 Å². The average Bonchev–Trinajstić information content (AvgIpc) is 2.73. The SMILES string of the molecule is Cc1cccc(C)c1NC(=O)CN(C)[C@H](C(=O)Nc1ccc(F)cc1)c1ccccc1. The average molecular weight is 420 g/mol. The van der Waals surface area contributed by atoms with Crippen LogP contribution in [0, 0.1) is 19.7 Å². The van der Waals surface area contributed by atoms with Gasteiger partial charge >= 0.3 is 0 Å². The van der Waals surface area contributed by atoms with E-state index in [1.807, 2.05) is 62.4 Å². The normalized spacial score (nSPS) is 11.8. The first kappa shape index (κ1) is 22.2. The molecule has 0 aliphatic carbocycles. The van der Waals surface area contributed by atoms with Crippen LogP contribution in [0.5, 0.6) is 0 Å². The van der Waals surface area contributed by atoms with Gasteiger partial charge in [0.15, 0.2) is 0 Å². The fourth-order valence-corrected chi connectivity index (χ4v) is 3.49. The minimum atomic E-state index is -0.699. The second kappa shape index (κ2) is 10.00. The molecule has 0 aliphatic heterocycles. The Bertz CT molecular complexity index is 1030. The van der Waals surface area contributed by atoms with Gasteiger partial charge in [-0.15, -0.1) is 0 Å². The Balaban J connectivity index is 1.77. The van der Waals surface area contributed by atoms with Gasteiger partial charge in [0.25, 0.3) is 0 Å². The Kier molecular flexibility index (Phi) is 7.15. The van der Waals surface area contributed by atoms with E-state index in [0.717, 1.165) is 22.4 Å². The topological polar surface area (TPSA) is 61.4 Å². The minimum absolute atomic E-state index is 0.0180. The van der Waals surface area contributed by atoms with Crippen molar-refractivity contribution < 1.29 is 14.0 Å². The molecule has 0 saturated carbocycles. The number of anilines is 2. The first-order chi connectivity index (χ1) is 14.8. The minimum Gasteiger partial charge on any atom is -0.324 e. The smallest absolute Gasteiger partial charge is 0.246 e. The highest BCUT2D eigenvalue weighted by Crippen LogP contribution is 2.23. The lowest BCUT2D eigenvalue weighted by atomic mass is 10.0. The number of nitrogens with one attached hydrogen (secondary N) is 2. The zero-order chi connectivity index (χ0) is 22.4. The molecule has 0 saturated heterocycles. The molecule has 0 aromatic heterocycles. The lowest BCUT2D eigenvalue weighted by Gasteiger charge is -2.27. The standard InChI is InChI=1S/C25H26FN3O2/c1-17-8-7-9-18(2)23(17)28-22(30)16-29(3)24(19-10-5-4-6-11-19)25(31)27-21-14-12-20(26)13-15-21/h4-15,24H,16H2,1-3H3,(H,27,31)(H,28,30)/t24-/m0/s1. The van der Waals surface area contributed by atoms with Gasteiger partial charge in [-0.05, 0) is 61.9 Å². The van der Waals surface area contributed by atoms with Gasteiger partial charge < -0.3 is 10.6 Å². The van der Waals surface area contributed by atoms with Crippen LogP contribution in [0.15, 0.2) is 72.8 Å². The number of amides is 2. The second-order valence-corrected chi connectivity index (χ2v) is 7.54. The molecular formula is C25H26FN3O2. The second-order valence-electron chi connectivity index (χ2n) is 7.54. The third kappa shape index (κ3) is 5.77. The van der Waals surface area contributed by atoms with Gasteiger partial charge in [-0.25, -0.2) is 4.39 Å². The number of likely N-dealkylation sites (N-methyl/N-ethyl adjacent to an activating group) is 1. The van der Waals surface area contributed by atoms with Crippen molar-refractivity contribution >= 4 is 23.2 Å². The Morgan fingerprint density at radius 1 is 0.871 bits per heavy atom. The summed E-state index contributed by atoms with van der Waals surface area (Å²) in [5.74, 6) is -0.895. The number of hydrogen-bond donors (Lipinski definition) is 2. The van der Waals surface area contributed by atoms with Crippen LogP contribution in [0.1, 0.15) is 22.7 Å². The fourth-order valence-electron chi connectivity index (χ4n) is 3.49. The van der Waals surface area contributed by atoms with Crippen molar-refractivity contribution in [2.75, 3.05) is 24.2 Å². The molecule has 2 N–H and O–H groups in total. The van der Waals surface area contributed by atoms with Crippen molar-refractivity contribution in [1.82, 2.24) is 4.90 Å². The van der Waals surface area contributed by atoms with E-state index in [2.05, 4.69) is 10.6 Å². The summed E-state index contributed by atoms with van der Waals surface area (Å²) in [4.78, 5) is 27.6. The van der Waals surface area contributed by atoms with E-state index in [1.54, 1.807) is 11.9 Å². The molecule has 1 atom stereocenters. The number of hydrogen-bond acceptors (Lipinski definition) is 3. The van der Waals surface area contributed by atoms with Gasteiger partial charge in [0.05, 0.1) is 6.54 Å². The molecule has 0 aliphatic rings. The molecule has 3 rings (SSSR count). The quantitative estimate of drug-likeness (QED) is 0.584. The van der Waals surface area contributed by atoms with Crippen LogP contribution in [0.2, 0.25) is 0 Å². The molecule has 0 spiro atoms. The van der Waals surface area contributed by atoms with Crippen LogP contribution >= 0.6 is 0 Å². The lowest BCUT2D eigenvalue weighted by molar-refractivity contribution is -0.123. The van der Waals surface area contributed by atoms with Gasteiger partial charge in [-0.3, -0.25) is 14.5 Å². The molecule has 0 radical (unpaired) electrons. The Morgan fingerprint density at radius 3 is 2.10 bits per heavy atom. The number of rotatable bonds is 7. The zero-order valence-electron chi connectivity index (χ0n) is 17.9. The van der Waals surface area contributed by atoms with E-state index in [0.29, 0.717) is 5.69 Å². The molecule has 3 aromatic carbocycles. The first-order valence-electron chi connectivity index (χ1n) is 10.0. The van der Waals surface area contributed by atoms with Gasteiger partial charge in [0, 0.05) is 11.4 Å². The van der Waals surface area contributed by atoms with Crippen molar-refractivity contribution in [3.8, 4) is 0 Å². The summed E-state index contributed by atoms with van der Waals surface area (Å²) in [6.45, 7) is 3.90. The van der Waals surface area contributed by atoms with Crippen LogP contribution in [0.3, 0.4) is 0 Å². The van der Waals surface area contributed by atoms with Crippen molar-refractivity contribution in [3.63, 3.8) is 0 Å². The molecule has 0 unspecified atom stereocenters. The predicted molar refractivity (Wildman–Crippen MR) is 121 cm³/mol. The maximum Gasteiger partial charge on any atom is 0.246 e. The number of carbonyl (C=O) groups is 2. The summed E-state index contributed by atoms with van der Waals surface area (Å²) >= 11 is 0. The lowest BCUT2D eigenvalue weighted by Crippen LogP contribution is -2.39. The van der Waals surface area contributed by atoms with E-state index in [4.69, 9.17) is 0 Å². The summed E-state index contributed by atoms with van der Waals surface area (Å²) in [5, 5.41) is 5.77. The van der Waals surface area contributed by atoms with E-state index >= 15 is 0 Å². The van der Waals surface area contributed by atoms with E-state index in [1.165, 1.54) is 24.3 Å². The first-order valence-corrected chi connectivity index (χ1v) is 10.0. The van der Waals surface area contributed by atoms with Crippen LogP contribution in [0.25, 0.3) is 0 Å². The zero-order valence-corrected chi connectivity index (χ0v) is 17.9. The van der Waals surface area contributed by atoms with E-state index in [-0.39, 0.29) is 24.2 Å². The summed E-state index contributed by atoms with van der Waals surface area (Å²) in [7, 11) is 1.73. The summed E-state index contributed by atoms with van der Waals surface area (Å²) in [6.07, 6.45) is 0. The van der Waals surface area contributed by atoms with E-state index < -0.39 is 6.04 Å². The summed E-state index contributed by atoms with van der Waals surface area (Å²) in [6, 6.07) is 19.9. The molecule has 0 fully saturated rings. The maximum absolute atomic E-state index is 13.2.